The number of nitrogens with two attached hydrogens (primary N) is 1. The minimum Gasteiger partial charge on any atom is -0.369 e. The SMILES string of the molecule is NC(=O)CN1CCC(NC(=O)c2ccc(F)nc2)CC1. The van der Waals surface area contributed by atoms with E-state index in [1.807, 2.05) is 4.90 Å². The summed E-state index contributed by atoms with van der Waals surface area (Å²) in [6.45, 7) is 1.69. The Morgan fingerprint density at radius 2 is 2.10 bits per heavy atom. The Kier molecular flexibility index (Phi) is 4.62. The van der Waals surface area contributed by atoms with E-state index < -0.39 is 5.95 Å². The number of primary amides is 1. The molecule has 2 heterocycles. The average Bonchev–Trinajstić information content (AvgIpc) is 2.41. The van der Waals surface area contributed by atoms with Crippen LogP contribution in [-0.2, 0) is 4.79 Å². The second-order valence-corrected chi connectivity index (χ2v) is 4.86. The zero-order valence-corrected chi connectivity index (χ0v) is 11.0. The lowest BCUT2D eigenvalue weighted by Gasteiger charge is -2.31. The van der Waals surface area contributed by atoms with Crippen LogP contribution < -0.4 is 11.1 Å². The van der Waals surface area contributed by atoms with E-state index in [1.165, 1.54) is 12.3 Å². The van der Waals surface area contributed by atoms with Crippen LogP contribution in [0, 0.1) is 5.95 Å². The van der Waals surface area contributed by atoms with Gasteiger partial charge in [-0.2, -0.15) is 4.39 Å². The standard InChI is InChI=1S/C13H17FN4O2/c14-11-2-1-9(7-16-11)13(20)17-10-3-5-18(6-4-10)8-12(15)19/h1-2,7,10H,3-6,8H2,(H2,15,19)(H,17,20). The summed E-state index contributed by atoms with van der Waals surface area (Å²) in [7, 11) is 0. The Labute approximate surface area is 116 Å². The Morgan fingerprint density at radius 3 is 2.65 bits per heavy atom. The van der Waals surface area contributed by atoms with Gasteiger partial charge in [0.2, 0.25) is 11.9 Å². The molecule has 2 rings (SSSR count). The van der Waals surface area contributed by atoms with Gasteiger partial charge in [0.1, 0.15) is 0 Å². The predicted molar refractivity (Wildman–Crippen MR) is 70.3 cm³/mol. The van der Waals surface area contributed by atoms with Gasteiger partial charge in [-0.25, -0.2) is 4.98 Å². The highest BCUT2D eigenvalue weighted by atomic mass is 19.1. The van der Waals surface area contributed by atoms with Crippen LogP contribution in [0.4, 0.5) is 4.39 Å². The molecule has 2 amide bonds. The molecular weight excluding hydrogens is 263 g/mol. The summed E-state index contributed by atoms with van der Waals surface area (Å²) in [4.78, 5) is 28.1. The van der Waals surface area contributed by atoms with Gasteiger partial charge in [0.15, 0.2) is 0 Å². The smallest absolute Gasteiger partial charge is 0.253 e. The fourth-order valence-electron chi connectivity index (χ4n) is 2.23. The minimum atomic E-state index is -0.610. The fraction of sp³-hybridized carbons (Fsp3) is 0.462. The van der Waals surface area contributed by atoms with Gasteiger partial charge in [0, 0.05) is 25.3 Å². The molecule has 7 heteroatoms. The molecule has 1 fully saturated rings. The van der Waals surface area contributed by atoms with Crippen LogP contribution in [0.5, 0.6) is 0 Å². The molecule has 0 atom stereocenters. The number of carbonyl (C=O) groups is 2. The topological polar surface area (TPSA) is 88.3 Å². The van der Waals surface area contributed by atoms with Gasteiger partial charge in [-0.3, -0.25) is 14.5 Å². The molecule has 3 N–H and O–H groups in total. The first kappa shape index (κ1) is 14.4. The molecule has 0 unspecified atom stereocenters. The molecule has 0 aromatic carbocycles. The first-order valence-corrected chi connectivity index (χ1v) is 6.47. The summed E-state index contributed by atoms with van der Waals surface area (Å²) < 4.78 is 12.7. The van der Waals surface area contributed by atoms with E-state index in [-0.39, 0.29) is 24.4 Å². The third kappa shape index (κ3) is 3.99. The zero-order chi connectivity index (χ0) is 14.5. The average molecular weight is 280 g/mol. The van der Waals surface area contributed by atoms with Gasteiger partial charge in [-0.1, -0.05) is 0 Å². The maximum absolute atomic E-state index is 12.7. The number of aromatic nitrogens is 1. The van der Waals surface area contributed by atoms with E-state index in [0.29, 0.717) is 5.56 Å². The van der Waals surface area contributed by atoms with Crippen LogP contribution in [0.25, 0.3) is 0 Å². The first-order valence-electron chi connectivity index (χ1n) is 6.47. The molecule has 1 aliphatic heterocycles. The highest BCUT2D eigenvalue weighted by Gasteiger charge is 2.21. The summed E-state index contributed by atoms with van der Waals surface area (Å²) in [6, 6.07) is 2.61. The lowest BCUT2D eigenvalue weighted by Crippen LogP contribution is -2.46. The Morgan fingerprint density at radius 1 is 1.40 bits per heavy atom. The van der Waals surface area contributed by atoms with Crippen molar-refractivity contribution >= 4 is 11.8 Å². The number of hydrogen-bond acceptors (Lipinski definition) is 4. The maximum Gasteiger partial charge on any atom is 0.253 e. The monoisotopic (exact) mass is 280 g/mol. The molecular formula is C13H17FN4O2. The molecule has 0 spiro atoms. The van der Waals surface area contributed by atoms with Crippen molar-refractivity contribution in [3.8, 4) is 0 Å². The predicted octanol–water partition coefficient (Wildman–Crippen LogP) is -0.0998. The highest BCUT2D eigenvalue weighted by Crippen LogP contribution is 2.10. The van der Waals surface area contributed by atoms with Gasteiger partial charge < -0.3 is 11.1 Å². The number of rotatable bonds is 4. The van der Waals surface area contributed by atoms with Crippen LogP contribution in [0.1, 0.15) is 23.2 Å². The van der Waals surface area contributed by atoms with E-state index in [2.05, 4.69) is 10.3 Å². The zero-order valence-electron chi connectivity index (χ0n) is 11.0. The van der Waals surface area contributed by atoms with Crippen LogP contribution in [0.3, 0.4) is 0 Å². The molecule has 1 aromatic heterocycles. The van der Waals surface area contributed by atoms with Crippen LogP contribution in [0.15, 0.2) is 18.3 Å². The second-order valence-electron chi connectivity index (χ2n) is 4.86. The number of hydrogen-bond donors (Lipinski definition) is 2. The number of amides is 2. The number of likely N-dealkylation sites (tertiary alicyclic amines) is 1. The first-order chi connectivity index (χ1) is 9.54. The summed E-state index contributed by atoms with van der Waals surface area (Å²) in [5, 5.41) is 2.88. The molecule has 0 aliphatic carbocycles. The van der Waals surface area contributed by atoms with E-state index in [1.54, 1.807) is 0 Å². The summed E-state index contributed by atoms with van der Waals surface area (Å²) >= 11 is 0. The summed E-state index contributed by atoms with van der Waals surface area (Å²) in [5.74, 6) is -1.21. The summed E-state index contributed by atoms with van der Waals surface area (Å²) in [6.07, 6.45) is 2.73. The second kappa shape index (κ2) is 6.42. The number of nitrogens with zero attached hydrogens (tertiary/aromatic N) is 2. The van der Waals surface area contributed by atoms with Crippen molar-refractivity contribution < 1.29 is 14.0 Å². The molecule has 1 saturated heterocycles. The number of piperidine rings is 1. The third-order valence-corrected chi connectivity index (χ3v) is 3.29. The van der Waals surface area contributed by atoms with E-state index in [4.69, 9.17) is 5.73 Å². The van der Waals surface area contributed by atoms with Crippen LogP contribution in [-0.4, -0.2) is 47.4 Å². The van der Waals surface area contributed by atoms with Gasteiger partial charge in [-0.15, -0.1) is 0 Å². The number of nitrogens with one attached hydrogen (secondary N) is 1. The molecule has 1 aliphatic rings. The van der Waals surface area contributed by atoms with Crippen molar-refractivity contribution in [1.29, 1.82) is 0 Å². The van der Waals surface area contributed by atoms with Gasteiger partial charge in [0.25, 0.3) is 5.91 Å². The maximum atomic E-state index is 12.7. The molecule has 1 aromatic rings. The molecule has 0 saturated carbocycles. The van der Waals surface area contributed by atoms with E-state index in [9.17, 15) is 14.0 Å². The van der Waals surface area contributed by atoms with E-state index >= 15 is 0 Å². The van der Waals surface area contributed by atoms with Crippen LogP contribution in [0.2, 0.25) is 0 Å². The minimum absolute atomic E-state index is 0.0525. The van der Waals surface area contributed by atoms with Crippen molar-refractivity contribution in [2.75, 3.05) is 19.6 Å². The van der Waals surface area contributed by atoms with Gasteiger partial charge in [-0.05, 0) is 25.0 Å². The number of halogens is 1. The largest absolute Gasteiger partial charge is 0.369 e. The van der Waals surface area contributed by atoms with Crippen molar-refractivity contribution in [2.24, 2.45) is 5.73 Å². The molecule has 20 heavy (non-hydrogen) atoms. The molecule has 0 radical (unpaired) electrons. The van der Waals surface area contributed by atoms with Crippen molar-refractivity contribution in [1.82, 2.24) is 15.2 Å². The van der Waals surface area contributed by atoms with Crippen molar-refractivity contribution in [3.63, 3.8) is 0 Å². The summed E-state index contributed by atoms with van der Waals surface area (Å²) in [5.41, 5.74) is 5.48. The Hall–Kier alpha value is -2.02. The number of pyridine rings is 1. The number of carbonyl (C=O) groups excluding carboxylic acids is 2. The van der Waals surface area contributed by atoms with E-state index in [0.717, 1.165) is 32.0 Å². The normalized spacial score (nSPS) is 16.9. The van der Waals surface area contributed by atoms with Gasteiger partial charge in [0.05, 0.1) is 12.1 Å². The fourth-order valence-corrected chi connectivity index (χ4v) is 2.23. The quantitative estimate of drug-likeness (QED) is 0.754. The third-order valence-electron chi connectivity index (χ3n) is 3.29. The lowest BCUT2D eigenvalue weighted by atomic mass is 10.0. The highest BCUT2D eigenvalue weighted by molar-refractivity contribution is 5.94. The van der Waals surface area contributed by atoms with Crippen molar-refractivity contribution in [3.05, 3.63) is 29.8 Å². The lowest BCUT2D eigenvalue weighted by molar-refractivity contribution is -0.119. The van der Waals surface area contributed by atoms with Gasteiger partial charge >= 0.3 is 0 Å². The van der Waals surface area contributed by atoms with Crippen LogP contribution >= 0.6 is 0 Å². The molecule has 108 valence electrons. The van der Waals surface area contributed by atoms with Crippen molar-refractivity contribution in [2.45, 2.75) is 18.9 Å². The molecule has 0 bridgehead atoms. The Balaban J connectivity index is 1.82. The Bertz CT molecular complexity index is 484. The molecule has 6 nitrogen and oxygen atoms in total.